The molecular formula is C16H11NO2S3. The van der Waals surface area contributed by atoms with Crippen molar-refractivity contribution in [2.24, 2.45) is 0 Å². The van der Waals surface area contributed by atoms with E-state index in [1.54, 1.807) is 29.6 Å². The Morgan fingerprint density at radius 1 is 0.955 bits per heavy atom. The third kappa shape index (κ3) is 3.71. The standard InChI is InChI=1S/C16H11NO2S3/c18-17(19)15-11-10-12(20-15)6-2-1-3-9-16-21-13-7-4-5-8-14(13)22-16/h1-11H. The summed E-state index contributed by atoms with van der Waals surface area (Å²) in [7, 11) is 0. The Morgan fingerprint density at radius 2 is 1.68 bits per heavy atom. The summed E-state index contributed by atoms with van der Waals surface area (Å²) in [5, 5.41) is 10.8. The minimum atomic E-state index is -0.367. The van der Waals surface area contributed by atoms with Crippen molar-refractivity contribution < 1.29 is 4.92 Å². The van der Waals surface area contributed by atoms with Gasteiger partial charge in [-0.25, -0.2) is 0 Å². The van der Waals surface area contributed by atoms with Crippen molar-refractivity contribution >= 4 is 45.9 Å². The molecule has 0 radical (unpaired) electrons. The molecule has 0 amide bonds. The van der Waals surface area contributed by atoms with Gasteiger partial charge in [-0.2, -0.15) is 0 Å². The molecule has 3 nitrogen and oxygen atoms in total. The number of allylic oxidation sites excluding steroid dienone is 4. The average Bonchev–Trinajstić information content (AvgIpc) is 3.12. The summed E-state index contributed by atoms with van der Waals surface area (Å²) >= 11 is 4.72. The van der Waals surface area contributed by atoms with Gasteiger partial charge in [0.05, 0.1) is 4.92 Å². The molecule has 2 heterocycles. The van der Waals surface area contributed by atoms with E-state index in [4.69, 9.17) is 0 Å². The van der Waals surface area contributed by atoms with Gasteiger partial charge >= 0.3 is 5.00 Å². The molecule has 0 saturated carbocycles. The van der Waals surface area contributed by atoms with E-state index in [1.807, 2.05) is 36.4 Å². The first-order valence-corrected chi connectivity index (χ1v) is 8.91. The zero-order chi connectivity index (χ0) is 15.4. The van der Waals surface area contributed by atoms with Crippen LogP contribution >= 0.6 is 34.9 Å². The first kappa shape index (κ1) is 15.1. The van der Waals surface area contributed by atoms with Gasteiger partial charge in [0, 0.05) is 25.0 Å². The normalized spacial score (nSPS) is 13.9. The highest BCUT2D eigenvalue weighted by molar-refractivity contribution is 8.24. The maximum Gasteiger partial charge on any atom is 0.324 e. The second-order valence-electron chi connectivity index (χ2n) is 4.31. The highest BCUT2D eigenvalue weighted by Gasteiger charge is 2.15. The molecule has 1 aromatic carbocycles. The molecule has 22 heavy (non-hydrogen) atoms. The average molecular weight is 345 g/mol. The molecule has 1 aliphatic heterocycles. The summed E-state index contributed by atoms with van der Waals surface area (Å²) in [6.45, 7) is 0. The molecule has 0 bridgehead atoms. The third-order valence-corrected chi connectivity index (χ3v) is 6.24. The van der Waals surface area contributed by atoms with Crippen LogP contribution < -0.4 is 0 Å². The number of hydrogen-bond donors (Lipinski definition) is 0. The van der Waals surface area contributed by atoms with Gasteiger partial charge < -0.3 is 0 Å². The third-order valence-electron chi connectivity index (χ3n) is 2.78. The largest absolute Gasteiger partial charge is 0.324 e. The fourth-order valence-electron chi connectivity index (χ4n) is 1.80. The maximum atomic E-state index is 10.6. The van der Waals surface area contributed by atoms with Gasteiger partial charge in [-0.1, -0.05) is 65.2 Å². The zero-order valence-electron chi connectivity index (χ0n) is 11.3. The van der Waals surface area contributed by atoms with Crippen molar-refractivity contribution in [2.75, 3.05) is 0 Å². The smallest absolute Gasteiger partial charge is 0.258 e. The molecule has 0 fully saturated rings. The SMILES string of the molecule is O=[N+]([O-])c1ccc(C=CC=CC=C2Sc3ccccc3S2)s1. The lowest BCUT2D eigenvalue weighted by molar-refractivity contribution is -0.380. The lowest BCUT2D eigenvalue weighted by atomic mass is 10.4. The maximum absolute atomic E-state index is 10.6. The Labute approximate surface area is 140 Å². The monoisotopic (exact) mass is 345 g/mol. The Morgan fingerprint density at radius 3 is 2.32 bits per heavy atom. The summed E-state index contributed by atoms with van der Waals surface area (Å²) in [6, 6.07) is 11.6. The molecule has 0 spiro atoms. The molecule has 0 atom stereocenters. The van der Waals surface area contributed by atoms with Crippen LogP contribution in [-0.4, -0.2) is 4.92 Å². The Hall–Kier alpha value is -1.76. The van der Waals surface area contributed by atoms with Crippen molar-refractivity contribution in [3.63, 3.8) is 0 Å². The van der Waals surface area contributed by atoms with E-state index in [0.717, 1.165) is 4.88 Å². The summed E-state index contributed by atoms with van der Waals surface area (Å²) in [4.78, 5) is 13.7. The van der Waals surface area contributed by atoms with Crippen molar-refractivity contribution in [1.82, 2.24) is 0 Å². The molecule has 1 aromatic heterocycles. The first-order chi connectivity index (χ1) is 10.7. The number of thioether (sulfide) groups is 2. The minimum Gasteiger partial charge on any atom is -0.258 e. The molecule has 6 heteroatoms. The zero-order valence-corrected chi connectivity index (χ0v) is 13.8. The fourth-order valence-corrected chi connectivity index (χ4v) is 4.85. The lowest BCUT2D eigenvalue weighted by Gasteiger charge is -1.90. The molecule has 0 saturated heterocycles. The van der Waals surface area contributed by atoms with Crippen molar-refractivity contribution in [2.45, 2.75) is 9.79 Å². The molecule has 0 N–H and O–H groups in total. The van der Waals surface area contributed by atoms with Crippen LogP contribution in [0.3, 0.4) is 0 Å². The van der Waals surface area contributed by atoms with Crippen LogP contribution in [0, 0.1) is 10.1 Å². The quantitative estimate of drug-likeness (QED) is 0.389. The van der Waals surface area contributed by atoms with Crippen molar-refractivity contribution in [1.29, 1.82) is 0 Å². The number of rotatable bonds is 4. The predicted molar refractivity (Wildman–Crippen MR) is 95.4 cm³/mol. The molecular weight excluding hydrogens is 334 g/mol. The number of benzene rings is 1. The molecule has 2 aromatic rings. The summed E-state index contributed by atoms with van der Waals surface area (Å²) in [5.41, 5.74) is 0. The van der Waals surface area contributed by atoms with Gasteiger partial charge in [-0.15, -0.1) is 0 Å². The van der Waals surface area contributed by atoms with E-state index in [1.165, 1.54) is 31.4 Å². The van der Waals surface area contributed by atoms with E-state index >= 15 is 0 Å². The summed E-state index contributed by atoms with van der Waals surface area (Å²) in [6.07, 6.45) is 9.76. The Kier molecular flexibility index (Phi) is 4.82. The van der Waals surface area contributed by atoms with E-state index in [0.29, 0.717) is 0 Å². The van der Waals surface area contributed by atoms with E-state index in [2.05, 4.69) is 18.2 Å². The van der Waals surface area contributed by atoms with Gasteiger partial charge in [0.25, 0.3) is 0 Å². The van der Waals surface area contributed by atoms with Gasteiger partial charge in [0.15, 0.2) is 0 Å². The second-order valence-corrected chi connectivity index (χ2v) is 7.83. The number of hydrogen-bond acceptors (Lipinski definition) is 5. The van der Waals surface area contributed by atoms with Gasteiger partial charge in [-0.3, -0.25) is 10.1 Å². The number of nitrogens with zero attached hydrogens (tertiary/aromatic N) is 1. The molecule has 3 rings (SSSR count). The van der Waals surface area contributed by atoms with Crippen LogP contribution in [0.25, 0.3) is 6.08 Å². The van der Waals surface area contributed by atoms with E-state index in [9.17, 15) is 10.1 Å². The lowest BCUT2D eigenvalue weighted by Crippen LogP contribution is -1.80. The molecule has 0 aliphatic carbocycles. The Bertz CT molecular complexity index is 763. The first-order valence-electron chi connectivity index (χ1n) is 6.46. The number of fused-ring (bicyclic) bond motifs is 1. The summed E-state index contributed by atoms with van der Waals surface area (Å²) < 4.78 is 1.25. The molecule has 110 valence electrons. The second kappa shape index (κ2) is 7.00. The topological polar surface area (TPSA) is 43.1 Å². The van der Waals surface area contributed by atoms with Gasteiger partial charge in [0.1, 0.15) is 0 Å². The van der Waals surface area contributed by atoms with Gasteiger partial charge in [-0.05, 0) is 30.4 Å². The van der Waals surface area contributed by atoms with Crippen molar-refractivity contribution in [3.8, 4) is 0 Å². The van der Waals surface area contributed by atoms with E-state index < -0.39 is 0 Å². The van der Waals surface area contributed by atoms with Crippen LogP contribution in [0.1, 0.15) is 4.88 Å². The highest BCUT2D eigenvalue weighted by atomic mass is 32.2. The number of thiophene rings is 1. The Balaban J connectivity index is 1.58. The predicted octanol–water partition coefficient (Wildman–Crippen LogP) is 5.97. The van der Waals surface area contributed by atoms with Crippen LogP contribution in [0.2, 0.25) is 0 Å². The number of nitro groups is 1. The van der Waals surface area contributed by atoms with Gasteiger partial charge in [0.2, 0.25) is 0 Å². The summed E-state index contributed by atoms with van der Waals surface area (Å²) in [5.74, 6) is 0. The fraction of sp³-hybridized carbons (Fsp3) is 0. The molecule has 1 aliphatic rings. The van der Waals surface area contributed by atoms with Crippen LogP contribution in [0.5, 0.6) is 0 Å². The molecule has 0 unspecified atom stereocenters. The van der Waals surface area contributed by atoms with Crippen molar-refractivity contribution in [3.05, 3.63) is 79.9 Å². The van der Waals surface area contributed by atoms with Crippen LogP contribution in [0.4, 0.5) is 5.00 Å². The van der Waals surface area contributed by atoms with Crippen LogP contribution in [0.15, 0.2) is 74.7 Å². The van der Waals surface area contributed by atoms with E-state index in [-0.39, 0.29) is 9.92 Å². The minimum absolute atomic E-state index is 0.169. The highest BCUT2D eigenvalue weighted by Crippen LogP contribution is 2.50. The van der Waals surface area contributed by atoms with Crippen LogP contribution in [-0.2, 0) is 0 Å².